The van der Waals surface area contributed by atoms with Gasteiger partial charge >= 0.3 is 0 Å². The van der Waals surface area contributed by atoms with E-state index < -0.39 is 0 Å². The van der Waals surface area contributed by atoms with Crippen LogP contribution in [-0.2, 0) is 6.54 Å². The molecular weight excluding hydrogens is 172 g/mol. The molecule has 1 rings (SSSR count). The van der Waals surface area contributed by atoms with Crippen LogP contribution in [0.2, 0.25) is 0 Å². The first-order chi connectivity index (χ1) is 6.63. The molecule has 0 N–H and O–H groups in total. The Morgan fingerprint density at radius 3 is 2.64 bits per heavy atom. The van der Waals surface area contributed by atoms with Gasteiger partial charge in [-0.3, -0.25) is 9.88 Å². The Labute approximate surface area is 87.0 Å². The van der Waals surface area contributed by atoms with Crippen LogP contribution < -0.4 is 0 Å². The first kappa shape index (κ1) is 11.2. The number of aromatic nitrogens is 1. The van der Waals surface area contributed by atoms with Crippen molar-refractivity contribution in [2.24, 2.45) is 0 Å². The second-order valence-electron chi connectivity index (χ2n) is 3.96. The third-order valence-corrected chi connectivity index (χ3v) is 2.48. The van der Waals surface area contributed by atoms with Gasteiger partial charge in [0.1, 0.15) is 0 Å². The molecule has 0 saturated heterocycles. The Bertz CT molecular complexity index is 281. The fourth-order valence-corrected chi connectivity index (χ4v) is 1.60. The standard InChI is InChI=1S/C12H20N2/c1-5-14(10(2)3)9-12-6-7-13-11(4)8-12/h6-8,10H,5,9H2,1-4H3. The van der Waals surface area contributed by atoms with E-state index in [-0.39, 0.29) is 0 Å². The summed E-state index contributed by atoms with van der Waals surface area (Å²) in [5, 5.41) is 0. The smallest absolute Gasteiger partial charge is 0.0375 e. The van der Waals surface area contributed by atoms with Gasteiger partial charge in [0.25, 0.3) is 0 Å². The minimum Gasteiger partial charge on any atom is -0.297 e. The van der Waals surface area contributed by atoms with Crippen LogP contribution in [-0.4, -0.2) is 22.5 Å². The Morgan fingerprint density at radius 1 is 1.43 bits per heavy atom. The van der Waals surface area contributed by atoms with E-state index in [2.05, 4.69) is 42.8 Å². The first-order valence-electron chi connectivity index (χ1n) is 5.29. The summed E-state index contributed by atoms with van der Waals surface area (Å²) in [5.41, 5.74) is 2.45. The molecule has 0 aromatic carbocycles. The lowest BCUT2D eigenvalue weighted by molar-refractivity contribution is 0.225. The largest absolute Gasteiger partial charge is 0.297 e. The highest BCUT2D eigenvalue weighted by molar-refractivity contribution is 5.15. The molecule has 0 aliphatic heterocycles. The summed E-state index contributed by atoms with van der Waals surface area (Å²) in [4.78, 5) is 6.64. The van der Waals surface area contributed by atoms with Crippen LogP contribution >= 0.6 is 0 Å². The molecule has 0 aliphatic rings. The van der Waals surface area contributed by atoms with Crippen LogP contribution in [0.3, 0.4) is 0 Å². The third-order valence-electron chi connectivity index (χ3n) is 2.48. The molecule has 0 spiro atoms. The van der Waals surface area contributed by atoms with Crippen molar-refractivity contribution in [1.29, 1.82) is 0 Å². The molecule has 2 heteroatoms. The Morgan fingerprint density at radius 2 is 2.14 bits per heavy atom. The average Bonchev–Trinajstić information content (AvgIpc) is 2.14. The number of pyridine rings is 1. The van der Waals surface area contributed by atoms with Crippen molar-refractivity contribution in [1.82, 2.24) is 9.88 Å². The van der Waals surface area contributed by atoms with Crippen molar-refractivity contribution < 1.29 is 0 Å². The summed E-state index contributed by atoms with van der Waals surface area (Å²) >= 11 is 0. The highest BCUT2D eigenvalue weighted by Gasteiger charge is 2.07. The zero-order valence-electron chi connectivity index (χ0n) is 9.62. The van der Waals surface area contributed by atoms with Crippen LogP contribution in [0.15, 0.2) is 18.3 Å². The van der Waals surface area contributed by atoms with Crippen molar-refractivity contribution >= 4 is 0 Å². The molecule has 1 aromatic heterocycles. The summed E-state index contributed by atoms with van der Waals surface area (Å²) in [6.45, 7) is 10.8. The van der Waals surface area contributed by atoms with Gasteiger partial charge in [-0.1, -0.05) is 6.92 Å². The van der Waals surface area contributed by atoms with E-state index in [1.807, 2.05) is 13.1 Å². The van der Waals surface area contributed by atoms with Crippen molar-refractivity contribution in [3.63, 3.8) is 0 Å². The molecule has 1 aromatic rings. The summed E-state index contributed by atoms with van der Waals surface area (Å²) in [5.74, 6) is 0. The van der Waals surface area contributed by atoms with E-state index in [0.29, 0.717) is 6.04 Å². The monoisotopic (exact) mass is 192 g/mol. The number of aryl methyl sites for hydroxylation is 1. The van der Waals surface area contributed by atoms with Crippen molar-refractivity contribution in [3.8, 4) is 0 Å². The molecule has 2 nitrogen and oxygen atoms in total. The van der Waals surface area contributed by atoms with Crippen LogP contribution in [0.4, 0.5) is 0 Å². The fourth-order valence-electron chi connectivity index (χ4n) is 1.60. The van der Waals surface area contributed by atoms with Crippen LogP contribution in [0.25, 0.3) is 0 Å². The predicted molar refractivity (Wildman–Crippen MR) is 60.2 cm³/mol. The van der Waals surface area contributed by atoms with Gasteiger partial charge in [0.05, 0.1) is 0 Å². The molecule has 0 fully saturated rings. The molecule has 0 radical (unpaired) electrons. The molecule has 0 saturated carbocycles. The number of nitrogens with zero attached hydrogens (tertiary/aromatic N) is 2. The second kappa shape index (κ2) is 5.11. The highest BCUT2D eigenvalue weighted by atomic mass is 15.1. The zero-order chi connectivity index (χ0) is 10.6. The van der Waals surface area contributed by atoms with Gasteiger partial charge in [0.2, 0.25) is 0 Å². The fraction of sp³-hybridized carbons (Fsp3) is 0.583. The van der Waals surface area contributed by atoms with E-state index in [4.69, 9.17) is 0 Å². The maximum absolute atomic E-state index is 4.20. The number of rotatable bonds is 4. The van der Waals surface area contributed by atoms with Crippen molar-refractivity contribution in [2.45, 2.75) is 40.3 Å². The maximum Gasteiger partial charge on any atom is 0.0375 e. The molecule has 0 bridgehead atoms. The van der Waals surface area contributed by atoms with Gasteiger partial charge in [0, 0.05) is 24.5 Å². The van der Waals surface area contributed by atoms with Gasteiger partial charge in [-0.15, -0.1) is 0 Å². The highest BCUT2D eigenvalue weighted by Crippen LogP contribution is 2.08. The quantitative estimate of drug-likeness (QED) is 0.729. The van der Waals surface area contributed by atoms with Crippen molar-refractivity contribution in [3.05, 3.63) is 29.6 Å². The summed E-state index contributed by atoms with van der Waals surface area (Å²) in [6.07, 6.45) is 1.89. The topological polar surface area (TPSA) is 16.1 Å². The summed E-state index contributed by atoms with van der Waals surface area (Å²) in [6, 6.07) is 4.86. The van der Waals surface area contributed by atoms with E-state index in [1.54, 1.807) is 0 Å². The zero-order valence-corrected chi connectivity index (χ0v) is 9.62. The van der Waals surface area contributed by atoms with E-state index in [1.165, 1.54) is 5.56 Å². The Hall–Kier alpha value is -0.890. The lowest BCUT2D eigenvalue weighted by Crippen LogP contribution is -2.29. The Kier molecular flexibility index (Phi) is 4.08. The van der Waals surface area contributed by atoms with Gasteiger partial charge in [0.15, 0.2) is 0 Å². The molecule has 14 heavy (non-hydrogen) atoms. The molecule has 1 heterocycles. The summed E-state index contributed by atoms with van der Waals surface area (Å²) < 4.78 is 0. The third kappa shape index (κ3) is 3.11. The van der Waals surface area contributed by atoms with Gasteiger partial charge in [-0.25, -0.2) is 0 Å². The van der Waals surface area contributed by atoms with Crippen LogP contribution in [0.1, 0.15) is 32.0 Å². The molecule has 78 valence electrons. The SMILES string of the molecule is CCN(Cc1ccnc(C)c1)C(C)C. The molecule has 0 unspecified atom stereocenters. The van der Waals surface area contributed by atoms with Crippen LogP contribution in [0.5, 0.6) is 0 Å². The van der Waals surface area contributed by atoms with Crippen LogP contribution in [0, 0.1) is 6.92 Å². The molecule has 0 atom stereocenters. The summed E-state index contributed by atoms with van der Waals surface area (Å²) in [7, 11) is 0. The van der Waals surface area contributed by atoms with Gasteiger partial charge in [-0.2, -0.15) is 0 Å². The minimum absolute atomic E-state index is 0.605. The normalized spacial score (nSPS) is 11.3. The van der Waals surface area contributed by atoms with Crippen molar-refractivity contribution in [2.75, 3.05) is 6.54 Å². The molecule has 0 amide bonds. The first-order valence-corrected chi connectivity index (χ1v) is 5.29. The lowest BCUT2D eigenvalue weighted by Gasteiger charge is -2.24. The minimum atomic E-state index is 0.605. The van der Waals surface area contributed by atoms with E-state index in [0.717, 1.165) is 18.8 Å². The average molecular weight is 192 g/mol. The van der Waals surface area contributed by atoms with Gasteiger partial charge < -0.3 is 0 Å². The van der Waals surface area contributed by atoms with E-state index >= 15 is 0 Å². The van der Waals surface area contributed by atoms with Gasteiger partial charge in [-0.05, 0) is 45.0 Å². The maximum atomic E-state index is 4.20. The Balaban J connectivity index is 2.67. The second-order valence-corrected chi connectivity index (χ2v) is 3.96. The predicted octanol–water partition coefficient (Wildman–Crippen LogP) is 2.62. The lowest BCUT2D eigenvalue weighted by atomic mass is 10.2. The number of hydrogen-bond donors (Lipinski definition) is 0. The number of hydrogen-bond acceptors (Lipinski definition) is 2. The van der Waals surface area contributed by atoms with E-state index in [9.17, 15) is 0 Å². The molecule has 0 aliphatic carbocycles. The molecular formula is C12H20N2.